The predicted molar refractivity (Wildman–Crippen MR) is 78.7 cm³/mol. The van der Waals surface area contributed by atoms with Gasteiger partial charge >= 0.3 is 6.03 Å². The number of aromatic nitrogens is 2. The molecule has 0 radical (unpaired) electrons. The maximum atomic E-state index is 11.8. The highest BCUT2D eigenvalue weighted by molar-refractivity contribution is 5.73. The molecule has 0 aliphatic carbocycles. The van der Waals surface area contributed by atoms with Gasteiger partial charge in [-0.25, -0.2) is 4.79 Å². The Balaban J connectivity index is 2.38. The number of nitrogens with zero attached hydrogens (tertiary/aromatic N) is 3. The first-order valence-electron chi connectivity index (χ1n) is 6.99. The van der Waals surface area contributed by atoms with E-state index in [1.54, 1.807) is 18.9 Å². The van der Waals surface area contributed by atoms with Gasteiger partial charge in [-0.3, -0.25) is 4.68 Å². The number of rotatable bonds is 6. The molecular weight excluding hydrogens is 256 g/mol. The van der Waals surface area contributed by atoms with Crippen LogP contribution in [-0.4, -0.2) is 52.1 Å². The monoisotopic (exact) mass is 282 g/mol. The zero-order valence-electron chi connectivity index (χ0n) is 13.1. The molecule has 0 aliphatic rings. The van der Waals surface area contributed by atoms with Gasteiger partial charge in [-0.1, -0.05) is 0 Å². The Morgan fingerprint density at radius 3 is 2.65 bits per heavy atom. The van der Waals surface area contributed by atoms with E-state index in [4.69, 9.17) is 0 Å². The molecule has 0 saturated heterocycles. The van der Waals surface area contributed by atoms with Gasteiger partial charge in [0.2, 0.25) is 0 Å². The molecule has 20 heavy (non-hydrogen) atoms. The molecule has 0 spiro atoms. The Labute approximate surface area is 120 Å². The van der Waals surface area contributed by atoms with E-state index in [2.05, 4.69) is 10.4 Å². The highest BCUT2D eigenvalue weighted by atomic mass is 16.3. The van der Waals surface area contributed by atoms with Crippen LogP contribution < -0.4 is 5.32 Å². The lowest BCUT2D eigenvalue weighted by atomic mass is 10.1. The number of aryl methyl sites for hydroxylation is 2. The average Bonchev–Trinajstić information content (AvgIpc) is 2.61. The summed E-state index contributed by atoms with van der Waals surface area (Å²) in [6.07, 6.45) is 0.984. The normalized spacial score (nSPS) is 12.3. The summed E-state index contributed by atoms with van der Waals surface area (Å²) in [5.41, 5.74) is 3.35. The van der Waals surface area contributed by atoms with Gasteiger partial charge in [0.05, 0.1) is 11.8 Å². The molecule has 1 aromatic heterocycles. The first-order valence-corrected chi connectivity index (χ1v) is 6.99. The van der Waals surface area contributed by atoms with Crippen molar-refractivity contribution in [2.24, 2.45) is 7.05 Å². The third-order valence-corrected chi connectivity index (χ3v) is 3.54. The van der Waals surface area contributed by atoms with Gasteiger partial charge in [-0.15, -0.1) is 0 Å². The second-order valence-corrected chi connectivity index (χ2v) is 5.31. The number of amides is 2. The number of carbonyl (C=O) groups is 1. The van der Waals surface area contributed by atoms with E-state index < -0.39 is 0 Å². The van der Waals surface area contributed by atoms with Gasteiger partial charge in [0.25, 0.3) is 0 Å². The maximum Gasteiger partial charge on any atom is 0.317 e. The van der Waals surface area contributed by atoms with Crippen LogP contribution >= 0.6 is 0 Å². The number of hydrogen-bond donors (Lipinski definition) is 2. The van der Waals surface area contributed by atoms with Crippen molar-refractivity contribution in [3.63, 3.8) is 0 Å². The summed E-state index contributed by atoms with van der Waals surface area (Å²) in [5.74, 6) is 0. The van der Waals surface area contributed by atoms with Crippen LogP contribution in [0.5, 0.6) is 0 Å². The maximum absolute atomic E-state index is 11.8. The second-order valence-electron chi connectivity index (χ2n) is 5.31. The lowest BCUT2D eigenvalue weighted by molar-refractivity contribution is 0.163. The van der Waals surface area contributed by atoms with E-state index in [0.717, 1.165) is 17.8 Å². The van der Waals surface area contributed by atoms with Gasteiger partial charge in [-0.2, -0.15) is 5.10 Å². The number of urea groups is 1. The molecule has 1 aromatic rings. The third kappa shape index (κ3) is 4.52. The third-order valence-electron chi connectivity index (χ3n) is 3.54. The van der Waals surface area contributed by atoms with Crippen LogP contribution in [0, 0.1) is 13.8 Å². The summed E-state index contributed by atoms with van der Waals surface area (Å²) in [6, 6.07) is -0.107. The van der Waals surface area contributed by atoms with E-state index in [0.29, 0.717) is 19.5 Å². The summed E-state index contributed by atoms with van der Waals surface area (Å²) in [6.45, 7) is 6.88. The molecule has 1 rings (SSSR count). The molecule has 0 aromatic carbocycles. The van der Waals surface area contributed by atoms with E-state index in [1.165, 1.54) is 5.56 Å². The lowest BCUT2D eigenvalue weighted by Gasteiger charge is -2.18. The Kier molecular flexibility index (Phi) is 6.01. The van der Waals surface area contributed by atoms with Crippen molar-refractivity contribution < 1.29 is 9.90 Å². The van der Waals surface area contributed by atoms with Crippen molar-refractivity contribution >= 4 is 6.03 Å². The smallest absolute Gasteiger partial charge is 0.317 e. The average molecular weight is 282 g/mol. The predicted octanol–water partition coefficient (Wildman–Crippen LogP) is 0.992. The molecule has 6 heteroatoms. The molecule has 1 atom stereocenters. The van der Waals surface area contributed by atoms with E-state index in [1.807, 2.05) is 25.6 Å². The number of aliphatic hydroxyl groups excluding tert-OH is 1. The quantitative estimate of drug-likeness (QED) is 0.817. The minimum absolute atomic E-state index is 0.107. The number of nitrogens with one attached hydrogen (secondary N) is 1. The fourth-order valence-electron chi connectivity index (χ4n) is 2.09. The summed E-state index contributed by atoms with van der Waals surface area (Å²) in [5, 5.41) is 16.4. The zero-order valence-corrected chi connectivity index (χ0v) is 13.1. The van der Waals surface area contributed by atoms with Crippen molar-refractivity contribution in [2.75, 3.05) is 20.1 Å². The highest BCUT2D eigenvalue weighted by Gasteiger charge is 2.11. The Hall–Kier alpha value is -1.56. The molecule has 0 saturated carbocycles. The highest BCUT2D eigenvalue weighted by Crippen LogP contribution is 2.11. The van der Waals surface area contributed by atoms with Crippen LogP contribution in [0.2, 0.25) is 0 Å². The first kappa shape index (κ1) is 16.5. The van der Waals surface area contributed by atoms with Crippen LogP contribution in [0.15, 0.2) is 0 Å². The summed E-state index contributed by atoms with van der Waals surface area (Å²) in [4.78, 5) is 13.4. The van der Waals surface area contributed by atoms with Crippen molar-refractivity contribution in [2.45, 2.75) is 39.7 Å². The van der Waals surface area contributed by atoms with Crippen molar-refractivity contribution in [1.29, 1.82) is 0 Å². The van der Waals surface area contributed by atoms with Crippen molar-refractivity contribution in [3.8, 4) is 0 Å². The van der Waals surface area contributed by atoms with Gasteiger partial charge in [0.1, 0.15) is 0 Å². The van der Waals surface area contributed by atoms with Crippen LogP contribution in [0.25, 0.3) is 0 Å². The number of carbonyl (C=O) groups excluding carboxylic acids is 1. The minimum Gasteiger partial charge on any atom is -0.393 e. The Morgan fingerprint density at radius 1 is 1.50 bits per heavy atom. The Morgan fingerprint density at radius 2 is 2.15 bits per heavy atom. The minimum atomic E-state index is -0.383. The van der Waals surface area contributed by atoms with Crippen LogP contribution in [0.1, 0.15) is 30.3 Å². The molecule has 0 bridgehead atoms. The van der Waals surface area contributed by atoms with Gasteiger partial charge in [0.15, 0.2) is 0 Å². The molecule has 0 aliphatic heterocycles. The first-order chi connectivity index (χ1) is 9.32. The van der Waals surface area contributed by atoms with Crippen LogP contribution in [0.4, 0.5) is 4.79 Å². The topological polar surface area (TPSA) is 70.4 Å². The number of hydrogen-bond acceptors (Lipinski definition) is 3. The van der Waals surface area contributed by atoms with E-state index in [9.17, 15) is 9.90 Å². The molecule has 2 N–H and O–H groups in total. The summed E-state index contributed by atoms with van der Waals surface area (Å²) in [7, 11) is 3.66. The molecule has 0 fully saturated rings. The second kappa shape index (κ2) is 7.28. The van der Waals surface area contributed by atoms with Crippen LogP contribution in [-0.2, 0) is 13.5 Å². The van der Waals surface area contributed by atoms with Gasteiger partial charge in [0, 0.05) is 32.9 Å². The summed E-state index contributed by atoms with van der Waals surface area (Å²) < 4.78 is 1.86. The number of aliphatic hydroxyl groups is 1. The largest absolute Gasteiger partial charge is 0.393 e. The molecule has 1 unspecified atom stereocenters. The molecular formula is C14H26N4O2. The molecule has 2 amide bonds. The zero-order chi connectivity index (χ0) is 15.3. The molecule has 114 valence electrons. The van der Waals surface area contributed by atoms with E-state index in [-0.39, 0.29) is 12.1 Å². The van der Waals surface area contributed by atoms with Gasteiger partial charge < -0.3 is 15.3 Å². The van der Waals surface area contributed by atoms with E-state index >= 15 is 0 Å². The van der Waals surface area contributed by atoms with Crippen LogP contribution in [0.3, 0.4) is 0 Å². The molecule has 6 nitrogen and oxygen atoms in total. The fraction of sp³-hybridized carbons (Fsp3) is 0.714. The summed E-state index contributed by atoms with van der Waals surface area (Å²) >= 11 is 0. The van der Waals surface area contributed by atoms with Crippen molar-refractivity contribution in [3.05, 3.63) is 17.0 Å². The Bertz CT molecular complexity index is 454. The fourth-order valence-corrected chi connectivity index (χ4v) is 2.09. The standard InChI is InChI=1S/C14H26N4O2/c1-10(19)7-9-17(4)14(20)15-8-6-13-11(2)16-18(5)12(13)3/h10,19H,6-9H2,1-5H3,(H,15,20). The SMILES string of the molecule is Cc1nn(C)c(C)c1CCNC(=O)N(C)CCC(C)O. The molecule has 1 heterocycles. The van der Waals surface area contributed by atoms with Crippen molar-refractivity contribution in [1.82, 2.24) is 20.0 Å². The lowest BCUT2D eigenvalue weighted by Crippen LogP contribution is -2.39. The van der Waals surface area contributed by atoms with Gasteiger partial charge in [-0.05, 0) is 39.2 Å².